The standard InChI is InChI=1S/C37H45N7O2/c1-3-33(45)44-22-21-43(23-29(44)13-17-38)35-30-14-20-42(32-12-8-11-28-10-7-9-27(2)34(28)32)24-31(30)39-36(40-35)46-26-37(15-16-37)25-41-18-5-4-6-19-41/h3,7-12,29H,1,4-6,13-16,18-26H2,2H3/t29-/m0/s1. The molecule has 1 atom stereocenters. The van der Waals surface area contributed by atoms with Crippen LogP contribution in [0.5, 0.6) is 6.01 Å². The van der Waals surface area contributed by atoms with Crippen molar-refractivity contribution in [3.05, 3.63) is 65.9 Å². The van der Waals surface area contributed by atoms with Gasteiger partial charge in [0.05, 0.1) is 37.4 Å². The number of carbonyl (C=O) groups is 1. The van der Waals surface area contributed by atoms with Gasteiger partial charge < -0.3 is 24.3 Å². The zero-order valence-electron chi connectivity index (χ0n) is 27.1. The SMILES string of the molecule is C=CC(=O)N1CCN(c2nc(OCC3(CN4CCCCC4)CC3)nc3c2CCN(c2cccc4cccc(C)c24)C3)C[C@@H]1CC#N. The molecule has 4 heterocycles. The molecule has 3 fully saturated rings. The third-order valence-electron chi connectivity index (χ3n) is 10.5. The van der Waals surface area contributed by atoms with Crippen LogP contribution in [0.3, 0.4) is 0 Å². The van der Waals surface area contributed by atoms with E-state index in [0.29, 0.717) is 38.8 Å². The van der Waals surface area contributed by atoms with E-state index in [0.717, 1.165) is 36.6 Å². The van der Waals surface area contributed by atoms with E-state index in [1.165, 1.54) is 73.3 Å². The van der Waals surface area contributed by atoms with E-state index in [1.807, 2.05) is 0 Å². The van der Waals surface area contributed by atoms with E-state index < -0.39 is 0 Å². The summed E-state index contributed by atoms with van der Waals surface area (Å²) in [5.41, 5.74) is 4.84. The molecular weight excluding hydrogens is 574 g/mol. The molecule has 2 saturated heterocycles. The summed E-state index contributed by atoms with van der Waals surface area (Å²) >= 11 is 0. The Labute approximate surface area is 272 Å². The minimum absolute atomic E-state index is 0.127. The number of aromatic nitrogens is 2. The fourth-order valence-corrected chi connectivity index (χ4v) is 7.76. The van der Waals surface area contributed by atoms with Crippen LogP contribution in [0.2, 0.25) is 0 Å². The number of benzene rings is 2. The molecule has 0 spiro atoms. The Kier molecular flexibility index (Phi) is 8.56. The second kappa shape index (κ2) is 12.9. The molecule has 0 radical (unpaired) electrons. The topological polar surface area (TPSA) is 88.8 Å². The van der Waals surface area contributed by atoms with Crippen molar-refractivity contribution in [3.63, 3.8) is 0 Å². The predicted octanol–water partition coefficient (Wildman–Crippen LogP) is 5.26. The van der Waals surface area contributed by atoms with Crippen molar-refractivity contribution < 1.29 is 9.53 Å². The van der Waals surface area contributed by atoms with E-state index in [9.17, 15) is 10.1 Å². The van der Waals surface area contributed by atoms with Crippen molar-refractivity contribution in [1.82, 2.24) is 19.8 Å². The number of nitrogens with zero attached hydrogens (tertiary/aromatic N) is 7. The lowest BCUT2D eigenvalue weighted by molar-refractivity contribution is -0.128. The molecule has 2 aromatic carbocycles. The Hall–Kier alpha value is -4.16. The molecule has 1 aliphatic carbocycles. The van der Waals surface area contributed by atoms with Crippen LogP contribution in [-0.2, 0) is 17.8 Å². The number of piperazine rings is 1. The van der Waals surface area contributed by atoms with E-state index >= 15 is 0 Å². The first-order chi connectivity index (χ1) is 22.5. The molecule has 3 aromatic rings. The Morgan fingerprint density at radius 2 is 1.87 bits per heavy atom. The van der Waals surface area contributed by atoms with Crippen LogP contribution in [0.4, 0.5) is 11.5 Å². The second-order valence-corrected chi connectivity index (χ2v) is 13.7. The number of aryl methyl sites for hydroxylation is 1. The van der Waals surface area contributed by atoms with E-state index in [-0.39, 0.29) is 23.8 Å². The maximum atomic E-state index is 12.6. The zero-order chi connectivity index (χ0) is 31.7. The monoisotopic (exact) mass is 619 g/mol. The van der Waals surface area contributed by atoms with Crippen molar-refractivity contribution in [2.45, 2.75) is 64.5 Å². The average Bonchev–Trinajstić information content (AvgIpc) is 3.86. The number of likely N-dealkylation sites (tertiary alicyclic amines) is 1. The highest BCUT2D eigenvalue weighted by Gasteiger charge is 2.45. The van der Waals surface area contributed by atoms with Crippen molar-refractivity contribution >= 4 is 28.2 Å². The van der Waals surface area contributed by atoms with Crippen molar-refractivity contribution in [1.29, 1.82) is 5.26 Å². The third-order valence-corrected chi connectivity index (χ3v) is 10.5. The summed E-state index contributed by atoms with van der Waals surface area (Å²) in [6, 6.07) is 15.5. The summed E-state index contributed by atoms with van der Waals surface area (Å²) in [6.45, 7) is 13.2. The van der Waals surface area contributed by atoms with Gasteiger partial charge in [-0.3, -0.25) is 4.79 Å². The Bertz CT molecular complexity index is 1650. The van der Waals surface area contributed by atoms with Crippen molar-refractivity contribution in [3.8, 4) is 12.1 Å². The van der Waals surface area contributed by atoms with Crippen LogP contribution < -0.4 is 14.5 Å². The van der Waals surface area contributed by atoms with E-state index in [2.05, 4.69) is 70.7 Å². The number of hydrogen-bond acceptors (Lipinski definition) is 8. The Morgan fingerprint density at radius 3 is 2.63 bits per heavy atom. The van der Waals surface area contributed by atoms with Crippen LogP contribution in [0.1, 0.15) is 55.3 Å². The van der Waals surface area contributed by atoms with Gasteiger partial charge in [0.2, 0.25) is 5.91 Å². The molecule has 46 heavy (non-hydrogen) atoms. The summed E-state index contributed by atoms with van der Waals surface area (Å²) in [4.78, 5) is 31.9. The number of fused-ring (bicyclic) bond motifs is 2. The van der Waals surface area contributed by atoms with Gasteiger partial charge in [-0.1, -0.05) is 43.3 Å². The lowest BCUT2D eigenvalue weighted by Crippen LogP contribution is -2.55. The molecule has 240 valence electrons. The highest BCUT2D eigenvalue weighted by atomic mass is 16.5. The van der Waals surface area contributed by atoms with Gasteiger partial charge in [-0.15, -0.1) is 0 Å². The van der Waals surface area contributed by atoms with Gasteiger partial charge in [0.15, 0.2) is 0 Å². The lowest BCUT2D eigenvalue weighted by atomic mass is 9.99. The maximum Gasteiger partial charge on any atom is 0.318 e. The molecular formula is C37H45N7O2. The fourth-order valence-electron chi connectivity index (χ4n) is 7.76. The summed E-state index contributed by atoms with van der Waals surface area (Å²) in [5.74, 6) is 0.765. The first-order valence-electron chi connectivity index (χ1n) is 17.0. The molecule has 0 bridgehead atoms. The number of nitriles is 1. The van der Waals surface area contributed by atoms with E-state index in [4.69, 9.17) is 14.7 Å². The summed E-state index contributed by atoms with van der Waals surface area (Å²) < 4.78 is 6.53. The molecule has 9 heteroatoms. The maximum absolute atomic E-state index is 12.6. The highest BCUT2D eigenvalue weighted by Crippen LogP contribution is 2.47. The van der Waals surface area contributed by atoms with Crippen LogP contribution in [-0.4, -0.2) is 84.1 Å². The Morgan fingerprint density at radius 1 is 1.07 bits per heavy atom. The molecule has 3 aliphatic heterocycles. The summed E-state index contributed by atoms with van der Waals surface area (Å²) in [7, 11) is 0. The molecule has 9 nitrogen and oxygen atoms in total. The second-order valence-electron chi connectivity index (χ2n) is 13.7. The lowest BCUT2D eigenvalue weighted by Gasteiger charge is -2.42. The number of ether oxygens (including phenoxy) is 1. The minimum Gasteiger partial charge on any atom is -0.463 e. The number of rotatable bonds is 9. The number of amides is 1. The van der Waals surface area contributed by atoms with Crippen LogP contribution in [0.15, 0.2) is 49.1 Å². The Balaban J connectivity index is 1.19. The first-order valence-corrected chi connectivity index (χ1v) is 17.0. The molecule has 0 N–H and O–H groups in total. The van der Waals surface area contributed by atoms with Crippen LogP contribution in [0.25, 0.3) is 10.8 Å². The number of piperidine rings is 1. The smallest absolute Gasteiger partial charge is 0.318 e. The predicted molar refractivity (Wildman–Crippen MR) is 181 cm³/mol. The zero-order valence-corrected chi connectivity index (χ0v) is 27.1. The minimum atomic E-state index is -0.225. The molecule has 0 unspecified atom stereocenters. The van der Waals surface area contributed by atoms with Gasteiger partial charge >= 0.3 is 6.01 Å². The van der Waals surface area contributed by atoms with Gasteiger partial charge in [0.25, 0.3) is 0 Å². The highest BCUT2D eigenvalue weighted by molar-refractivity contribution is 5.97. The third kappa shape index (κ3) is 6.15. The van der Waals surface area contributed by atoms with Crippen molar-refractivity contribution in [2.24, 2.45) is 5.41 Å². The van der Waals surface area contributed by atoms with Crippen LogP contribution >= 0.6 is 0 Å². The van der Waals surface area contributed by atoms with Gasteiger partial charge in [-0.25, -0.2) is 0 Å². The summed E-state index contributed by atoms with van der Waals surface area (Å²) in [6.07, 6.45) is 8.71. The first kappa shape index (κ1) is 30.5. The number of anilines is 2. The molecule has 1 saturated carbocycles. The molecule has 1 aromatic heterocycles. The van der Waals surface area contributed by atoms with Gasteiger partial charge in [0.1, 0.15) is 5.82 Å². The normalized spacial score (nSPS) is 21.0. The largest absolute Gasteiger partial charge is 0.463 e. The molecule has 7 rings (SSSR count). The van der Waals surface area contributed by atoms with E-state index in [1.54, 1.807) is 4.90 Å². The molecule has 1 amide bonds. The van der Waals surface area contributed by atoms with Gasteiger partial charge in [-0.05, 0) is 75.2 Å². The summed E-state index contributed by atoms with van der Waals surface area (Å²) in [5, 5.41) is 12.1. The molecule has 4 aliphatic rings. The van der Waals surface area contributed by atoms with Crippen molar-refractivity contribution in [2.75, 3.05) is 62.2 Å². The number of carbonyl (C=O) groups excluding carboxylic acids is 1. The average molecular weight is 620 g/mol. The quantitative estimate of drug-likeness (QED) is 0.300. The van der Waals surface area contributed by atoms with Gasteiger partial charge in [0, 0.05) is 54.8 Å². The van der Waals surface area contributed by atoms with Crippen LogP contribution in [0, 0.1) is 23.7 Å². The van der Waals surface area contributed by atoms with Gasteiger partial charge in [-0.2, -0.15) is 15.2 Å². The fraction of sp³-hybridized carbons (Fsp3) is 0.514. The number of hydrogen-bond donors (Lipinski definition) is 0.